The minimum atomic E-state index is -1.57. The summed E-state index contributed by atoms with van der Waals surface area (Å²) in [5.74, 6) is -3.58. The predicted molar refractivity (Wildman–Crippen MR) is 72.6 cm³/mol. The molecule has 1 aromatic carbocycles. The second kappa shape index (κ2) is 6.04. The average molecular weight is 289 g/mol. The van der Waals surface area contributed by atoms with Gasteiger partial charge in [0.2, 0.25) is 5.76 Å². The molecule has 2 rings (SSSR count). The van der Waals surface area contributed by atoms with Gasteiger partial charge in [0.15, 0.2) is 5.78 Å². The number of hydrogen-bond donors (Lipinski definition) is 2. The highest BCUT2D eigenvalue weighted by Crippen LogP contribution is 2.11. The summed E-state index contributed by atoms with van der Waals surface area (Å²) in [6.07, 6.45) is 3.66. The van der Waals surface area contributed by atoms with Crippen LogP contribution in [-0.2, 0) is 11.3 Å². The molecule has 0 saturated carbocycles. The fourth-order valence-electron chi connectivity index (χ4n) is 1.78. The zero-order valence-electron chi connectivity index (χ0n) is 10.9. The topological polar surface area (TPSA) is 79.5 Å². The molecule has 0 unspecified atom stereocenters. The maximum absolute atomic E-state index is 13.5. The van der Waals surface area contributed by atoms with E-state index in [0.717, 1.165) is 0 Å². The van der Waals surface area contributed by atoms with E-state index in [1.165, 1.54) is 18.3 Å². The maximum atomic E-state index is 13.5. The summed E-state index contributed by atoms with van der Waals surface area (Å²) < 4.78 is 15.1. The Labute approximate surface area is 119 Å². The van der Waals surface area contributed by atoms with Crippen molar-refractivity contribution in [3.63, 3.8) is 0 Å². The Morgan fingerprint density at radius 2 is 1.90 bits per heavy atom. The Hall–Kier alpha value is -2.89. The highest BCUT2D eigenvalue weighted by molar-refractivity contribution is 6.07. The van der Waals surface area contributed by atoms with Crippen molar-refractivity contribution in [2.75, 3.05) is 0 Å². The third-order valence-corrected chi connectivity index (χ3v) is 2.83. The third kappa shape index (κ3) is 3.56. The van der Waals surface area contributed by atoms with E-state index in [4.69, 9.17) is 10.2 Å². The van der Waals surface area contributed by atoms with Gasteiger partial charge in [0.05, 0.1) is 0 Å². The van der Waals surface area contributed by atoms with Crippen LogP contribution in [-0.4, -0.2) is 26.5 Å². The van der Waals surface area contributed by atoms with Crippen molar-refractivity contribution in [2.24, 2.45) is 0 Å². The number of aromatic nitrogens is 1. The molecule has 0 atom stereocenters. The third-order valence-electron chi connectivity index (χ3n) is 2.83. The van der Waals surface area contributed by atoms with Crippen LogP contribution in [0.15, 0.2) is 54.6 Å². The summed E-state index contributed by atoms with van der Waals surface area (Å²) in [4.78, 5) is 22.1. The number of aliphatic carboxylic acids is 1. The number of allylic oxidation sites excluding steroid dienone is 1. The molecule has 0 aliphatic heterocycles. The standard InChI is InChI=1S/C15H12FNO4/c16-12-4-2-1-3-10(12)8-17-6-5-11(9-17)13(18)7-14(19)15(20)21/h1-7,9,19H,8H2,(H,20,21). The van der Waals surface area contributed by atoms with Crippen molar-refractivity contribution < 1.29 is 24.2 Å². The summed E-state index contributed by atoms with van der Waals surface area (Å²) in [6.45, 7) is 0.245. The van der Waals surface area contributed by atoms with E-state index in [2.05, 4.69) is 0 Å². The van der Waals surface area contributed by atoms with Gasteiger partial charge in [-0.3, -0.25) is 4.79 Å². The van der Waals surface area contributed by atoms with Gasteiger partial charge >= 0.3 is 5.97 Å². The Morgan fingerprint density at radius 1 is 1.19 bits per heavy atom. The molecule has 0 aliphatic carbocycles. The minimum Gasteiger partial charge on any atom is -0.502 e. The first-order valence-corrected chi connectivity index (χ1v) is 6.05. The number of aliphatic hydroxyl groups excluding tert-OH is 1. The van der Waals surface area contributed by atoms with E-state index < -0.39 is 17.5 Å². The van der Waals surface area contributed by atoms with Gasteiger partial charge < -0.3 is 14.8 Å². The van der Waals surface area contributed by atoms with Crippen molar-refractivity contribution in [3.05, 3.63) is 71.5 Å². The second-order valence-corrected chi connectivity index (χ2v) is 4.36. The number of rotatable bonds is 5. The molecule has 21 heavy (non-hydrogen) atoms. The monoisotopic (exact) mass is 289 g/mol. The lowest BCUT2D eigenvalue weighted by atomic mass is 10.2. The Balaban J connectivity index is 2.15. The zero-order valence-corrected chi connectivity index (χ0v) is 10.9. The Kier molecular flexibility index (Phi) is 4.18. The summed E-state index contributed by atoms with van der Waals surface area (Å²) in [5.41, 5.74) is 0.676. The lowest BCUT2D eigenvalue weighted by Gasteiger charge is -2.04. The lowest BCUT2D eigenvalue weighted by molar-refractivity contribution is -0.135. The minimum absolute atomic E-state index is 0.208. The molecule has 1 aromatic heterocycles. The van der Waals surface area contributed by atoms with E-state index >= 15 is 0 Å². The normalized spacial score (nSPS) is 11.4. The molecule has 2 aromatic rings. The maximum Gasteiger partial charge on any atom is 0.371 e. The quantitative estimate of drug-likeness (QED) is 0.503. The molecule has 0 amide bonds. The van der Waals surface area contributed by atoms with Crippen molar-refractivity contribution >= 4 is 11.8 Å². The van der Waals surface area contributed by atoms with Crippen LogP contribution in [0.25, 0.3) is 0 Å². The first-order chi connectivity index (χ1) is 9.97. The van der Waals surface area contributed by atoms with Gasteiger partial charge in [-0.15, -0.1) is 0 Å². The van der Waals surface area contributed by atoms with Gasteiger partial charge in [-0.25, -0.2) is 9.18 Å². The largest absolute Gasteiger partial charge is 0.502 e. The number of benzene rings is 1. The predicted octanol–water partition coefficient (Wildman–Crippen LogP) is 2.38. The fourth-order valence-corrected chi connectivity index (χ4v) is 1.78. The Bertz CT molecular complexity index is 718. The summed E-state index contributed by atoms with van der Waals surface area (Å²) >= 11 is 0. The number of halogens is 1. The molecule has 0 saturated heterocycles. The number of carboxylic acids is 1. The van der Waals surface area contributed by atoms with Crippen LogP contribution in [0, 0.1) is 5.82 Å². The number of aliphatic hydroxyl groups is 1. The van der Waals surface area contributed by atoms with E-state index in [-0.39, 0.29) is 17.9 Å². The molecule has 0 bridgehead atoms. The highest BCUT2D eigenvalue weighted by Gasteiger charge is 2.11. The molecule has 6 heteroatoms. The van der Waals surface area contributed by atoms with Crippen molar-refractivity contribution in [1.29, 1.82) is 0 Å². The van der Waals surface area contributed by atoms with Gasteiger partial charge in [0.25, 0.3) is 0 Å². The van der Waals surface area contributed by atoms with Gasteiger partial charge in [0, 0.05) is 36.1 Å². The molecule has 0 spiro atoms. The molecular weight excluding hydrogens is 277 g/mol. The molecule has 0 aliphatic rings. The molecule has 0 radical (unpaired) electrons. The zero-order chi connectivity index (χ0) is 15.4. The number of carboxylic acid groups (broad SMARTS) is 1. The number of hydrogen-bond acceptors (Lipinski definition) is 3. The summed E-state index contributed by atoms with van der Waals surface area (Å²) in [6, 6.07) is 7.74. The number of ketones is 1. The van der Waals surface area contributed by atoms with E-state index in [9.17, 15) is 14.0 Å². The van der Waals surface area contributed by atoms with Crippen LogP contribution < -0.4 is 0 Å². The van der Waals surface area contributed by atoms with Crippen LogP contribution in [0.2, 0.25) is 0 Å². The summed E-state index contributed by atoms with van der Waals surface area (Å²) in [5, 5.41) is 17.5. The van der Waals surface area contributed by atoms with Crippen LogP contribution in [0.1, 0.15) is 15.9 Å². The molecule has 108 valence electrons. The number of carbonyl (C=O) groups is 2. The van der Waals surface area contributed by atoms with Crippen LogP contribution in [0.5, 0.6) is 0 Å². The van der Waals surface area contributed by atoms with Crippen molar-refractivity contribution in [3.8, 4) is 0 Å². The number of carbonyl (C=O) groups excluding carboxylic acids is 1. The molecule has 0 fully saturated rings. The fraction of sp³-hybridized carbons (Fsp3) is 0.0667. The lowest BCUT2D eigenvalue weighted by Crippen LogP contribution is -2.04. The molecule has 5 nitrogen and oxygen atoms in total. The van der Waals surface area contributed by atoms with Crippen LogP contribution in [0.3, 0.4) is 0 Å². The Morgan fingerprint density at radius 3 is 2.57 bits per heavy atom. The van der Waals surface area contributed by atoms with Gasteiger partial charge in [-0.2, -0.15) is 0 Å². The van der Waals surface area contributed by atoms with Crippen molar-refractivity contribution in [1.82, 2.24) is 4.57 Å². The van der Waals surface area contributed by atoms with Crippen molar-refractivity contribution in [2.45, 2.75) is 6.54 Å². The number of nitrogens with zero attached hydrogens (tertiary/aromatic N) is 1. The molecular formula is C15H12FNO4. The molecule has 2 N–H and O–H groups in total. The highest BCUT2D eigenvalue weighted by atomic mass is 19.1. The molecule has 1 heterocycles. The van der Waals surface area contributed by atoms with E-state index in [1.54, 1.807) is 29.0 Å². The average Bonchev–Trinajstić information content (AvgIpc) is 2.90. The first-order valence-electron chi connectivity index (χ1n) is 6.05. The van der Waals surface area contributed by atoms with Gasteiger partial charge in [-0.05, 0) is 12.1 Å². The van der Waals surface area contributed by atoms with E-state index in [0.29, 0.717) is 11.6 Å². The first kappa shape index (κ1) is 14.5. The SMILES string of the molecule is O=C(O)C(O)=CC(=O)c1ccn(Cc2ccccc2F)c1. The van der Waals surface area contributed by atoms with Gasteiger partial charge in [0.1, 0.15) is 5.82 Å². The van der Waals surface area contributed by atoms with E-state index in [1.807, 2.05) is 0 Å². The van der Waals surface area contributed by atoms with Gasteiger partial charge in [-0.1, -0.05) is 18.2 Å². The smallest absolute Gasteiger partial charge is 0.371 e. The summed E-state index contributed by atoms with van der Waals surface area (Å²) in [7, 11) is 0. The van der Waals surface area contributed by atoms with Crippen LogP contribution in [0.4, 0.5) is 4.39 Å². The second-order valence-electron chi connectivity index (χ2n) is 4.36. The van der Waals surface area contributed by atoms with Crippen LogP contribution >= 0.6 is 0 Å².